The van der Waals surface area contributed by atoms with Crippen molar-refractivity contribution in [1.82, 2.24) is 13.9 Å². The van der Waals surface area contributed by atoms with E-state index in [1.54, 1.807) is 4.57 Å². The van der Waals surface area contributed by atoms with Crippen LogP contribution in [0.5, 0.6) is 0 Å². The minimum absolute atomic E-state index is 0.222. The Labute approximate surface area is 189 Å². The molecule has 0 bridgehead atoms. The molecule has 1 unspecified atom stereocenters. The van der Waals surface area contributed by atoms with Gasteiger partial charge in [-0.05, 0) is 30.4 Å². The molecule has 0 aliphatic carbocycles. The number of hydrogen-bond donors (Lipinski definition) is 5. The number of aliphatic hydroxyl groups excluding tert-OH is 3. The van der Waals surface area contributed by atoms with Crippen LogP contribution in [0.2, 0.25) is 0 Å². The van der Waals surface area contributed by atoms with Gasteiger partial charge in [0.25, 0.3) is 0 Å². The molecular formula is C21H27N5O5S. The summed E-state index contributed by atoms with van der Waals surface area (Å²) in [4.78, 5) is 9.05. The van der Waals surface area contributed by atoms with Gasteiger partial charge in [-0.25, -0.2) is 14.3 Å². The lowest BCUT2D eigenvalue weighted by atomic mass is 9.99. The zero-order valence-corrected chi connectivity index (χ0v) is 18.2. The van der Waals surface area contributed by atoms with Gasteiger partial charge in [-0.2, -0.15) is 0 Å². The molecule has 1 aromatic carbocycles. The number of benzene rings is 1. The van der Waals surface area contributed by atoms with Crippen LogP contribution in [0.1, 0.15) is 30.3 Å². The number of aliphatic hydroxyl groups is 4. The Bertz CT molecular complexity index is 982. The molecule has 5 atom stereocenters. The number of imidazole rings is 1. The molecule has 2 aromatic rings. The molecule has 5 rings (SSSR count). The Morgan fingerprint density at radius 3 is 2.59 bits per heavy atom. The van der Waals surface area contributed by atoms with Crippen molar-refractivity contribution in [2.24, 2.45) is 4.99 Å². The minimum atomic E-state index is -1.61. The number of ether oxygens (including phenoxy) is 1. The van der Waals surface area contributed by atoms with Crippen LogP contribution in [-0.4, -0.2) is 78.6 Å². The average molecular weight is 462 g/mol. The monoisotopic (exact) mass is 461 g/mol. The molecule has 5 N–H and O–H groups in total. The first-order valence-electron chi connectivity index (χ1n) is 10.7. The number of nitrogens with one attached hydrogen (secondary N) is 1. The highest BCUT2D eigenvalue weighted by Gasteiger charge is 2.48. The van der Waals surface area contributed by atoms with Crippen LogP contribution in [0.15, 0.2) is 40.5 Å². The number of hydrogen-bond acceptors (Lipinski definition) is 10. The third kappa shape index (κ3) is 3.83. The second-order valence-electron chi connectivity index (χ2n) is 8.30. The first kappa shape index (κ1) is 21.8. The van der Waals surface area contributed by atoms with E-state index in [4.69, 9.17) is 9.72 Å². The van der Waals surface area contributed by atoms with Gasteiger partial charge in [-0.1, -0.05) is 30.3 Å². The number of rotatable bonds is 6. The quantitative estimate of drug-likeness (QED) is 0.388. The number of fused-ring (bicyclic) bond motifs is 1. The summed E-state index contributed by atoms with van der Waals surface area (Å²) in [5.41, 5.74) is -0.383. The second-order valence-corrected chi connectivity index (χ2v) is 9.36. The first-order valence-corrected chi connectivity index (χ1v) is 11.5. The van der Waals surface area contributed by atoms with Gasteiger partial charge in [0.15, 0.2) is 11.4 Å². The van der Waals surface area contributed by atoms with Crippen LogP contribution >= 0.6 is 11.9 Å². The number of aliphatic imine (C=N–C) groups is 1. The standard InChI is InChI=1S/C21H27N5O5S/c27-11-14-15(28)16(29)19(31-14)26-18-17(24-20(26)32-25-8-4-5-9-25)21(30,23-12-22-18)10-13-6-2-1-3-7-13/h1-3,6-7,12,14-16,19,27-30H,4-5,8-11H2,(H,22,23)/t14-,15-,16-,19-,21?/m1/s1. The molecule has 0 radical (unpaired) electrons. The first-order chi connectivity index (χ1) is 15.5. The average Bonchev–Trinajstić information content (AvgIpc) is 3.49. The van der Waals surface area contributed by atoms with Crippen LogP contribution in [-0.2, 0) is 16.9 Å². The molecule has 0 saturated carbocycles. The lowest BCUT2D eigenvalue weighted by Gasteiger charge is -2.28. The van der Waals surface area contributed by atoms with E-state index in [-0.39, 0.29) is 6.42 Å². The zero-order chi connectivity index (χ0) is 22.3. The maximum absolute atomic E-state index is 11.5. The smallest absolute Gasteiger partial charge is 0.208 e. The molecule has 32 heavy (non-hydrogen) atoms. The van der Waals surface area contributed by atoms with Gasteiger partial charge in [-0.3, -0.25) is 4.57 Å². The third-order valence-electron chi connectivity index (χ3n) is 6.08. The fourth-order valence-corrected chi connectivity index (χ4v) is 5.48. The van der Waals surface area contributed by atoms with Crippen molar-refractivity contribution >= 4 is 24.1 Å². The number of aromatic nitrogens is 2. The second kappa shape index (κ2) is 8.75. The fourth-order valence-electron chi connectivity index (χ4n) is 4.39. The molecule has 3 aliphatic rings. The van der Waals surface area contributed by atoms with Gasteiger partial charge in [-0.15, -0.1) is 0 Å². The summed E-state index contributed by atoms with van der Waals surface area (Å²) in [7, 11) is 0. The van der Waals surface area contributed by atoms with Crippen LogP contribution in [0, 0.1) is 0 Å². The highest BCUT2D eigenvalue weighted by molar-refractivity contribution is 7.96. The van der Waals surface area contributed by atoms with Gasteiger partial charge >= 0.3 is 0 Å². The SMILES string of the molecule is OC[C@H]1O[C@@H](n2c(SN3CCCC3)nc3c2NC=NC3(O)Cc2ccccc2)[C@H](O)[C@@H]1O. The van der Waals surface area contributed by atoms with Gasteiger partial charge in [0.2, 0.25) is 5.72 Å². The van der Waals surface area contributed by atoms with E-state index in [0.29, 0.717) is 16.7 Å². The molecule has 0 spiro atoms. The summed E-state index contributed by atoms with van der Waals surface area (Å²) >= 11 is 1.42. The highest BCUT2D eigenvalue weighted by Crippen LogP contribution is 2.43. The van der Waals surface area contributed by atoms with Crippen molar-refractivity contribution in [3.8, 4) is 0 Å². The summed E-state index contributed by atoms with van der Waals surface area (Å²) in [5.74, 6) is 0.440. The van der Waals surface area contributed by atoms with Crippen molar-refractivity contribution in [3.63, 3.8) is 0 Å². The Hall–Kier alpha value is -1.99. The molecular weight excluding hydrogens is 434 g/mol. The van der Waals surface area contributed by atoms with E-state index in [1.165, 1.54) is 18.3 Å². The molecule has 10 nitrogen and oxygen atoms in total. The Morgan fingerprint density at radius 2 is 1.91 bits per heavy atom. The van der Waals surface area contributed by atoms with Crippen molar-refractivity contribution in [3.05, 3.63) is 41.6 Å². The summed E-state index contributed by atoms with van der Waals surface area (Å²) in [6, 6.07) is 9.54. The molecule has 11 heteroatoms. The van der Waals surface area contributed by atoms with Gasteiger partial charge in [0.05, 0.1) is 12.9 Å². The van der Waals surface area contributed by atoms with Gasteiger partial charge < -0.3 is 30.5 Å². The lowest BCUT2D eigenvalue weighted by Crippen LogP contribution is -2.34. The van der Waals surface area contributed by atoms with Crippen LogP contribution < -0.4 is 5.32 Å². The largest absolute Gasteiger partial charge is 0.394 e. The number of nitrogens with zero attached hydrogens (tertiary/aromatic N) is 4. The molecule has 2 saturated heterocycles. The van der Waals surface area contributed by atoms with Crippen LogP contribution in [0.4, 0.5) is 5.82 Å². The Kier molecular flexibility index (Phi) is 5.97. The van der Waals surface area contributed by atoms with Crippen molar-refractivity contribution in [2.45, 2.75) is 54.7 Å². The van der Waals surface area contributed by atoms with E-state index >= 15 is 0 Å². The molecule has 4 heterocycles. The predicted octanol–water partition coefficient (Wildman–Crippen LogP) is 0.439. The maximum Gasteiger partial charge on any atom is 0.208 e. The maximum atomic E-state index is 11.5. The highest BCUT2D eigenvalue weighted by atomic mass is 32.2. The molecule has 2 fully saturated rings. The summed E-state index contributed by atoms with van der Waals surface area (Å²) in [6.45, 7) is 1.37. The molecule has 172 valence electrons. The zero-order valence-electron chi connectivity index (χ0n) is 17.4. The van der Waals surface area contributed by atoms with Crippen LogP contribution in [0.3, 0.4) is 0 Å². The summed E-state index contributed by atoms with van der Waals surface area (Å²) in [5, 5.41) is 45.6. The fraction of sp³-hybridized carbons (Fsp3) is 0.524. The van der Waals surface area contributed by atoms with E-state index in [0.717, 1.165) is 31.5 Å². The molecule has 1 aromatic heterocycles. The Balaban J connectivity index is 1.56. The van der Waals surface area contributed by atoms with Gasteiger partial charge in [0, 0.05) is 19.5 Å². The minimum Gasteiger partial charge on any atom is -0.394 e. The van der Waals surface area contributed by atoms with Crippen molar-refractivity contribution in [1.29, 1.82) is 0 Å². The van der Waals surface area contributed by atoms with E-state index in [9.17, 15) is 20.4 Å². The van der Waals surface area contributed by atoms with Crippen LogP contribution in [0.25, 0.3) is 0 Å². The predicted molar refractivity (Wildman–Crippen MR) is 118 cm³/mol. The summed E-state index contributed by atoms with van der Waals surface area (Å²) in [6.07, 6.45) is -0.614. The lowest BCUT2D eigenvalue weighted by molar-refractivity contribution is -0.0557. The molecule has 0 amide bonds. The normalized spacial score (nSPS) is 32.2. The topological polar surface area (TPSA) is 136 Å². The van der Waals surface area contributed by atoms with Gasteiger partial charge in [0.1, 0.15) is 29.8 Å². The van der Waals surface area contributed by atoms with Crippen molar-refractivity contribution in [2.75, 3.05) is 25.0 Å². The number of anilines is 1. The third-order valence-corrected chi connectivity index (χ3v) is 7.15. The van der Waals surface area contributed by atoms with E-state index in [2.05, 4.69) is 14.6 Å². The van der Waals surface area contributed by atoms with E-state index < -0.39 is 36.9 Å². The summed E-state index contributed by atoms with van der Waals surface area (Å²) < 4.78 is 9.64. The Morgan fingerprint density at radius 1 is 1.16 bits per heavy atom. The van der Waals surface area contributed by atoms with Crippen molar-refractivity contribution < 1.29 is 25.2 Å². The van der Waals surface area contributed by atoms with E-state index in [1.807, 2.05) is 30.3 Å². The molecule has 3 aliphatic heterocycles.